The first-order chi connectivity index (χ1) is 8.27. The minimum atomic E-state index is 0.679. The highest BCUT2D eigenvalue weighted by Crippen LogP contribution is 2.43. The maximum atomic E-state index is 6.28. The summed E-state index contributed by atoms with van der Waals surface area (Å²) < 4.78 is 5.68. The quantitative estimate of drug-likeness (QED) is 0.732. The fourth-order valence-corrected chi connectivity index (χ4v) is 2.62. The molecule has 2 aromatic rings. The molecule has 1 heterocycles. The lowest BCUT2D eigenvalue weighted by molar-refractivity contribution is 0.358. The van der Waals surface area contributed by atoms with Crippen molar-refractivity contribution in [1.29, 1.82) is 0 Å². The van der Waals surface area contributed by atoms with Crippen LogP contribution in [-0.4, -0.2) is 6.61 Å². The number of fused-ring (bicyclic) bond motifs is 1. The molecule has 2 aromatic carbocycles. The average Bonchev–Trinajstić information content (AvgIpc) is 2.79. The topological polar surface area (TPSA) is 9.23 Å². The molecule has 0 unspecified atom stereocenters. The molecule has 1 aliphatic rings. The van der Waals surface area contributed by atoms with Gasteiger partial charge < -0.3 is 4.74 Å². The summed E-state index contributed by atoms with van der Waals surface area (Å²) in [4.78, 5) is 0. The van der Waals surface area contributed by atoms with Crippen LogP contribution < -0.4 is 4.74 Å². The van der Waals surface area contributed by atoms with E-state index in [2.05, 4.69) is 0 Å². The summed E-state index contributed by atoms with van der Waals surface area (Å²) in [6, 6.07) is 11.6. The van der Waals surface area contributed by atoms with Gasteiger partial charge in [0.25, 0.3) is 0 Å². The Kier molecular flexibility index (Phi) is 2.73. The van der Waals surface area contributed by atoms with Crippen molar-refractivity contribution in [2.75, 3.05) is 6.61 Å². The zero-order valence-electron chi connectivity index (χ0n) is 9.04. The van der Waals surface area contributed by atoms with Gasteiger partial charge in [-0.2, -0.15) is 0 Å². The first-order valence-corrected chi connectivity index (χ1v) is 6.22. The maximum Gasteiger partial charge on any atom is 0.132 e. The van der Waals surface area contributed by atoms with Crippen molar-refractivity contribution in [1.82, 2.24) is 0 Å². The minimum Gasteiger partial charge on any atom is -0.492 e. The highest BCUT2D eigenvalue weighted by Gasteiger charge is 2.21. The molecule has 0 radical (unpaired) electrons. The smallest absolute Gasteiger partial charge is 0.132 e. The Bertz CT molecular complexity index is 578. The van der Waals surface area contributed by atoms with Gasteiger partial charge in [-0.3, -0.25) is 0 Å². The standard InChI is InChI=1S/C14H10Cl2O/c15-11-4-2-1-3-10(11)13-12(16)6-5-9-7-8-17-14(9)13/h1-6H,7-8H2. The lowest BCUT2D eigenvalue weighted by Crippen LogP contribution is -1.90. The van der Waals surface area contributed by atoms with E-state index in [0.29, 0.717) is 16.7 Å². The fourth-order valence-electron chi connectivity index (χ4n) is 2.14. The monoisotopic (exact) mass is 264 g/mol. The van der Waals surface area contributed by atoms with Crippen LogP contribution in [0.15, 0.2) is 36.4 Å². The van der Waals surface area contributed by atoms with Gasteiger partial charge >= 0.3 is 0 Å². The van der Waals surface area contributed by atoms with E-state index in [1.165, 1.54) is 5.56 Å². The minimum absolute atomic E-state index is 0.679. The molecule has 1 nitrogen and oxygen atoms in total. The van der Waals surface area contributed by atoms with E-state index in [4.69, 9.17) is 27.9 Å². The molecule has 0 fully saturated rings. The van der Waals surface area contributed by atoms with Crippen LogP contribution in [-0.2, 0) is 6.42 Å². The molecule has 1 aliphatic heterocycles. The van der Waals surface area contributed by atoms with Gasteiger partial charge in [-0.05, 0) is 17.7 Å². The van der Waals surface area contributed by atoms with Crippen molar-refractivity contribution in [3.63, 3.8) is 0 Å². The van der Waals surface area contributed by atoms with Gasteiger partial charge in [0.2, 0.25) is 0 Å². The van der Waals surface area contributed by atoms with Crippen molar-refractivity contribution in [2.24, 2.45) is 0 Å². The van der Waals surface area contributed by atoms with E-state index < -0.39 is 0 Å². The molecule has 0 aromatic heterocycles. The van der Waals surface area contributed by atoms with Crippen molar-refractivity contribution in [3.05, 3.63) is 52.0 Å². The van der Waals surface area contributed by atoms with Crippen molar-refractivity contribution in [3.8, 4) is 16.9 Å². The lowest BCUT2D eigenvalue weighted by atomic mass is 10.0. The number of hydrogen-bond acceptors (Lipinski definition) is 1. The zero-order valence-corrected chi connectivity index (χ0v) is 10.6. The summed E-state index contributed by atoms with van der Waals surface area (Å²) in [5, 5.41) is 1.37. The molecule has 0 saturated heterocycles. The van der Waals surface area contributed by atoms with Crippen LogP contribution in [0, 0.1) is 0 Å². The van der Waals surface area contributed by atoms with E-state index in [1.54, 1.807) is 0 Å². The molecule has 0 spiro atoms. The van der Waals surface area contributed by atoms with Gasteiger partial charge in [0.15, 0.2) is 0 Å². The molecule has 0 bridgehead atoms. The SMILES string of the molecule is Clc1ccccc1-c1c(Cl)ccc2c1OCC2. The van der Waals surface area contributed by atoms with Crippen LogP contribution in [0.3, 0.4) is 0 Å². The number of rotatable bonds is 1. The second-order valence-electron chi connectivity index (χ2n) is 3.99. The van der Waals surface area contributed by atoms with Crippen LogP contribution >= 0.6 is 23.2 Å². The predicted octanol–water partition coefficient (Wildman–Crippen LogP) is 4.60. The van der Waals surface area contributed by atoms with Gasteiger partial charge in [-0.25, -0.2) is 0 Å². The second-order valence-corrected chi connectivity index (χ2v) is 4.80. The molecule has 17 heavy (non-hydrogen) atoms. The molecular weight excluding hydrogens is 255 g/mol. The Labute approximate surface area is 110 Å². The number of benzene rings is 2. The zero-order chi connectivity index (χ0) is 11.8. The normalized spacial score (nSPS) is 13.3. The molecular formula is C14H10Cl2O. The van der Waals surface area contributed by atoms with E-state index in [9.17, 15) is 0 Å². The third-order valence-electron chi connectivity index (χ3n) is 2.95. The number of hydrogen-bond donors (Lipinski definition) is 0. The Hall–Kier alpha value is -1.18. The van der Waals surface area contributed by atoms with Crippen LogP contribution in [0.1, 0.15) is 5.56 Å². The summed E-state index contributed by atoms with van der Waals surface area (Å²) in [7, 11) is 0. The third kappa shape index (κ3) is 1.80. The highest BCUT2D eigenvalue weighted by molar-refractivity contribution is 6.36. The third-order valence-corrected chi connectivity index (χ3v) is 3.59. The van der Waals surface area contributed by atoms with Crippen molar-refractivity contribution >= 4 is 23.2 Å². The van der Waals surface area contributed by atoms with Crippen LogP contribution in [0.2, 0.25) is 10.0 Å². The predicted molar refractivity (Wildman–Crippen MR) is 71.1 cm³/mol. The Morgan fingerprint density at radius 1 is 0.941 bits per heavy atom. The molecule has 3 rings (SSSR count). The van der Waals surface area contributed by atoms with Crippen molar-refractivity contribution < 1.29 is 4.74 Å². The molecule has 0 saturated carbocycles. The lowest BCUT2D eigenvalue weighted by Gasteiger charge is -2.11. The first kappa shape index (κ1) is 10.9. The van der Waals surface area contributed by atoms with Gasteiger partial charge in [0, 0.05) is 22.6 Å². The van der Waals surface area contributed by atoms with Crippen LogP contribution in [0.4, 0.5) is 0 Å². The molecule has 0 aliphatic carbocycles. The second kappa shape index (κ2) is 4.25. The van der Waals surface area contributed by atoms with Crippen molar-refractivity contribution in [2.45, 2.75) is 6.42 Å². The summed E-state index contributed by atoms with van der Waals surface area (Å²) >= 11 is 12.5. The van der Waals surface area contributed by atoms with Gasteiger partial charge in [0.1, 0.15) is 5.75 Å². The van der Waals surface area contributed by atoms with Crippen LogP contribution in [0.5, 0.6) is 5.75 Å². The molecule has 86 valence electrons. The molecule has 3 heteroatoms. The molecule has 0 N–H and O–H groups in total. The largest absolute Gasteiger partial charge is 0.492 e. The number of ether oxygens (including phenoxy) is 1. The van der Waals surface area contributed by atoms with E-state index in [0.717, 1.165) is 23.3 Å². The van der Waals surface area contributed by atoms with Crippen LogP contribution in [0.25, 0.3) is 11.1 Å². The highest BCUT2D eigenvalue weighted by atomic mass is 35.5. The molecule has 0 amide bonds. The first-order valence-electron chi connectivity index (χ1n) is 5.46. The summed E-state index contributed by atoms with van der Waals surface area (Å²) in [6.07, 6.45) is 0.934. The Morgan fingerprint density at radius 2 is 1.76 bits per heavy atom. The summed E-state index contributed by atoms with van der Waals surface area (Å²) in [5.41, 5.74) is 3.04. The average molecular weight is 265 g/mol. The van der Waals surface area contributed by atoms with E-state index >= 15 is 0 Å². The Balaban J connectivity index is 2.28. The number of halogens is 2. The fraction of sp³-hybridized carbons (Fsp3) is 0.143. The summed E-state index contributed by atoms with van der Waals surface area (Å²) in [6.45, 7) is 0.715. The van der Waals surface area contributed by atoms with Gasteiger partial charge in [0.05, 0.1) is 11.6 Å². The molecule has 0 atom stereocenters. The van der Waals surface area contributed by atoms with E-state index in [-0.39, 0.29) is 0 Å². The maximum absolute atomic E-state index is 6.28. The van der Waals surface area contributed by atoms with Gasteiger partial charge in [-0.1, -0.05) is 47.5 Å². The van der Waals surface area contributed by atoms with E-state index in [1.807, 2.05) is 36.4 Å². The Morgan fingerprint density at radius 3 is 2.59 bits per heavy atom. The van der Waals surface area contributed by atoms with Gasteiger partial charge in [-0.15, -0.1) is 0 Å². The summed E-state index contributed by atoms with van der Waals surface area (Å²) in [5.74, 6) is 0.880.